The van der Waals surface area contributed by atoms with Crippen molar-refractivity contribution in [2.24, 2.45) is 5.41 Å². The van der Waals surface area contributed by atoms with E-state index in [4.69, 9.17) is 0 Å². The van der Waals surface area contributed by atoms with Crippen LogP contribution in [-0.4, -0.2) is 62.7 Å². The Morgan fingerprint density at radius 1 is 1.11 bits per heavy atom. The Labute approximate surface area is 159 Å². The Morgan fingerprint density at radius 3 is 2.59 bits per heavy atom. The van der Waals surface area contributed by atoms with Gasteiger partial charge in [0.05, 0.1) is 16.0 Å². The van der Waals surface area contributed by atoms with Gasteiger partial charge in [0.2, 0.25) is 0 Å². The average Bonchev–Trinajstić information content (AvgIpc) is 3.25. The third-order valence-electron chi connectivity index (χ3n) is 5.57. The first-order valence-electron chi connectivity index (χ1n) is 8.83. The summed E-state index contributed by atoms with van der Waals surface area (Å²) in [6, 6.07) is 3.62. The summed E-state index contributed by atoms with van der Waals surface area (Å²) < 4.78 is 33.7. The van der Waals surface area contributed by atoms with Crippen molar-refractivity contribution < 1.29 is 13.6 Å². The van der Waals surface area contributed by atoms with E-state index in [-0.39, 0.29) is 37.7 Å². The van der Waals surface area contributed by atoms with Gasteiger partial charge in [0, 0.05) is 32.6 Å². The van der Waals surface area contributed by atoms with Crippen LogP contribution in [0.15, 0.2) is 12.1 Å². The van der Waals surface area contributed by atoms with Crippen LogP contribution >= 0.6 is 11.5 Å². The number of hydrogen-bond donors (Lipinski definition) is 0. The third kappa shape index (κ3) is 3.05. The highest BCUT2D eigenvalue weighted by Gasteiger charge is 2.60. The van der Waals surface area contributed by atoms with Gasteiger partial charge in [0.25, 0.3) is 11.8 Å². The number of alkyl halides is 2. The first kappa shape index (κ1) is 18.1. The SMILES string of the molecule is Cc1ccc(N2CCC3(CN(C(=O)c4nnsc4C)CCC3(F)F)C2)nn1. The zero-order chi connectivity index (χ0) is 19.2. The summed E-state index contributed by atoms with van der Waals surface area (Å²) in [6.45, 7) is 4.23. The summed E-state index contributed by atoms with van der Waals surface area (Å²) in [6.07, 6.45) is -0.0452. The maximum atomic E-state index is 14.9. The molecule has 2 aliphatic heterocycles. The molecule has 2 saturated heterocycles. The second kappa shape index (κ2) is 6.43. The predicted molar refractivity (Wildman–Crippen MR) is 96.1 cm³/mol. The Balaban J connectivity index is 1.57. The van der Waals surface area contributed by atoms with Crippen LogP contribution in [0.4, 0.5) is 14.6 Å². The van der Waals surface area contributed by atoms with E-state index in [1.807, 2.05) is 17.9 Å². The van der Waals surface area contributed by atoms with Crippen molar-refractivity contribution in [1.29, 1.82) is 0 Å². The summed E-state index contributed by atoms with van der Waals surface area (Å²) >= 11 is 1.14. The minimum Gasteiger partial charge on any atom is -0.354 e. The van der Waals surface area contributed by atoms with Gasteiger partial charge in [0.15, 0.2) is 11.5 Å². The van der Waals surface area contributed by atoms with E-state index in [9.17, 15) is 13.6 Å². The number of aryl methyl sites for hydroxylation is 2. The highest BCUT2D eigenvalue weighted by Crippen LogP contribution is 2.50. The summed E-state index contributed by atoms with van der Waals surface area (Å²) in [5.74, 6) is -2.56. The first-order chi connectivity index (χ1) is 12.8. The van der Waals surface area contributed by atoms with Crippen LogP contribution in [0.3, 0.4) is 0 Å². The molecule has 2 aromatic heterocycles. The second-order valence-corrected chi connectivity index (χ2v) is 8.30. The molecular formula is C17H20F2N6OS. The average molecular weight is 394 g/mol. The first-order valence-corrected chi connectivity index (χ1v) is 9.60. The van der Waals surface area contributed by atoms with Gasteiger partial charge in [-0.2, -0.15) is 5.10 Å². The molecule has 2 aliphatic rings. The number of rotatable bonds is 2. The molecule has 1 atom stereocenters. The van der Waals surface area contributed by atoms with Crippen LogP contribution in [-0.2, 0) is 0 Å². The molecule has 2 fully saturated rings. The van der Waals surface area contributed by atoms with E-state index < -0.39 is 11.3 Å². The molecule has 7 nitrogen and oxygen atoms in total. The third-order valence-corrected chi connectivity index (χ3v) is 6.20. The number of amides is 1. The van der Waals surface area contributed by atoms with Crippen molar-refractivity contribution in [2.75, 3.05) is 31.1 Å². The Kier molecular flexibility index (Phi) is 4.32. The molecule has 0 N–H and O–H groups in total. The summed E-state index contributed by atoms with van der Waals surface area (Å²) in [7, 11) is 0. The normalized spacial score (nSPS) is 24.6. The number of carbonyl (C=O) groups is 1. The second-order valence-electron chi connectivity index (χ2n) is 7.34. The Bertz CT molecular complexity index is 857. The lowest BCUT2D eigenvalue weighted by atomic mass is 9.75. The minimum atomic E-state index is -2.84. The Hall–Kier alpha value is -2.23. The van der Waals surface area contributed by atoms with E-state index in [2.05, 4.69) is 19.8 Å². The highest BCUT2D eigenvalue weighted by atomic mass is 32.1. The van der Waals surface area contributed by atoms with Crippen LogP contribution in [0.5, 0.6) is 0 Å². The molecule has 27 heavy (non-hydrogen) atoms. The fourth-order valence-electron chi connectivity index (χ4n) is 3.91. The van der Waals surface area contributed by atoms with Crippen LogP contribution in [0, 0.1) is 19.3 Å². The summed E-state index contributed by atoms with van der Waals surface area (Å²) in [5.41, 5.74) is -0.246. The van der Waals surface area contributed by atoms with Gasteiger partial charge in [-0.1, -0.05) is 4.49 Å². The number of halogens is 2. The monoisotopic (exact) mass is 394 g/mol. The standard InChI is InChI=1S/C17H20F2N6OS/c1-11-3-4-13(21-20-11)24-7-5-16(9-24)10-25(8-6-17(16,18)19)15(26)14-12(2)27-23-22-14/h3-4H,5-10H2,1-2H3. The van der Waals surface area contributed by atoms with Crippen molar-refractivity contribution >= 4 is 23.3 Å². The van der Waals surface area contributed by atoms with Crippen molar-refractivity contribution in [1.82, 2.24) is 24.7 Å². The van der Waals surface area contributed by atoms with E-state index in [1.165, 1.54) is 4.90 Å². The fraction of sp³-hybridized carbons (Fsp3) is 0.588. The molecule has 1 spiro atoms. The Morgan fingerprint density at radius 2 is 1.93 bits per heavy atom. The van der Waals surface area contributed by atoms with E-state index in [0.717, 1.165) is 17.2 Å². The molecule has 0 radical (unpaired) electrons. The zero-order valence-electron chi connectivity index (χ0n) is 15.2. The molecule has 4 rings (SSSR count). The fourth-order valence-corrected chi connectivity index (χ4v) is 4.37. The van der Waals surface area contributed by atoms with Gasteiger partial charge in [-0.05, 0) is 43.9 Å². The topological polar surface area (TPSA) is 75.1 Å². The van der Waals surface area contributed by atoms with Gasteiger partial charge in [0.1, 0.15) is 0 Å². The number of nitrogens with zero attached hydrogens (tertiary/aromatic N) is 6. The van der Waals surface area contributed by atoms with Crippen molar-refractivity contribution in [3.8, 4) is 0 Å². The van der Waals surface area contributed by atoms with Gasteiger partial charge < -0.3 is 9.80 Å². The predicted octanol–water partition coefficient (Wildman–Crippen LogP) is 2.32. The number of likely N-dealkylation sites (tertiary alicyclic amines) is 1. The maximum Gasteiger partial charge on any atom is 0.275 e. The minimum absolute atomic E-state index is 0.00555. The number of aromatic nitrogens is 4. The molecule has 144 valence electrons. The molecular weight excluding hydrogens is 374 g/mol. The van der Waals surface area contributed by atoms with Crippen LogP contribution in [0.1, 0.15) is 33.9 Å². The van der Waals surface area contributed by atoms with Gasteiger partial charge in [-0.25, -0.2) is 8.78 Å². The number of carbonyl (C=O) groups excluding carboxylic acids is 1. The van der Waals surface area contributed by atoms with Gasteiger partial charge in [-0.15, -0.1) is 10.2 Å². The molecule has 4 heterocycles. The van der Waals surface area contributed by atoms with Gasteiger partial charge in [-0.3, -0.25) is 4.79 Å². The van der Waals surface area contributed by atoms with E-state index in [0.29, 0.717) is 23.7 Å². The largest absolute Gasteiger partial charge is 0.354 e. The number of piperidine rings is 1. The van der Waals surface area contributed by atoms with Gasteiger partial charge >= 0.3 is 0 Å². The number of anilines is 1. The molecule has 0 aliphatic carbocycles. The van der Waals surface area contributed by atoms with Crippen LogP contribution < -0.4 is 4.90 Å². The van der Waals surface area contributed by atoms with Crippen molar-refractivity contribution in [2.45, 2.75) is 32.6 Å². The molecule has 2 aromatic rings. The lowest BCUT2D eigenvalue weighted by Gasteiger charge is -2.45. The molecule has 0 saturated carbocycles. The highest BCUT2D eigenvalue weighted by molar-refractivity contribution is 7.05. The van der Waals surface area contributed by atoms with Crippen molar-refractivity contribution in [3.63, 3.8) is 0 Å². The zero-order valence-corrected chi connectivity index (χ0v) is 16.0. The lowest BCUT2D eigenvalue weighted by Crippen LogP contribution is -2.58. The smallest absolute Gasteiger partial charge is 0.275 e. The van der Waals surface area contributed by atoms with E-state index >= 15 is 0 Å². The maximum absolute atomic E-state index is 14.9. The molecule has 0 bridgehead atoms. The quantitative estimate of drug-likeness (QED) is 0.778. The molecule has 10 heteroatoms. The summed E-state index contributed by atoms with van der Waals surface area (Å²) in [5, 5.41) is 12.0. The van der Waals surface area contributed by atoms with E-state index in [1.54, 1.807) is 13.0 Å². The molecule has 0 aromatic carbocycles. The molecule has 1 unspecified atom stereocenters. The lowest BCUT2D eigenvalue weighted by molar-refractivity contribution is -0.150. The van der Waals surface area contributed by atoms with Crippen LogP contribution in [0.25, 0.3) is 0 Å². The van der Waals surface area contributed by atoms with Crippen LogP contribution in [0.2, 0.25) is 0 Å². The van der Waals surface area contributed by atoms with Crippen molar-refractivity contribution in [3.05, 3.63) is 28.4 Å². The summed E-state index contributed by atoms with van der Waals surface area (Å²) in [4.78, 5) is 16.8. The number of hydrogen-bond acceptors (Lipinski definition) is 7. The molecule has 1 amide bonds.